The molecule has 174 valence electrons. The molecule has 2 heterocycles. The van der Waals surface area contributed by atoms with Crippen LogP contribution in [0.25, 0.3) is 11.4 Å². The monoisotopic (exact) mass is 458 g/mol. The average Bonchev–Trinajstić information content (AvgIpc) is 3.39. The fourth-order valence-corrected chi connectivity index (χ4v) is 4.66. The molecule has 5 rings (SSSR count). The topological polar surface area (TPSA) is 128 Å². The van der Waals surface area contributed by atoms with E-state index in [9.17, 15) is 9.59 Å². The number of benzene rings is 2. The van der Waals surface area contributed by atoms with Crippen LogP contribution >= 0.6 is 0 Å². The van der Waals surface area contributed by atoms with Crippen LogP contribution in [0.4, 0.5) is 16.2 Å². The van der Waals surface area contributed by atoms with E-state index >= 15 is 0 Å². The van der Waals surface area contributed by atoms with E-state index in [4.69, 9.17) is 4.99 Å². The lowest BCUT2D eigenvalue weighted by Crippen LogP contribution is -2.47. The number of aromatic nitrogens is 4. The summed E-state index contributed by atoms with van der Waals surface area (Å²) >= 11 is 0. The first-order chi connectivity index (χ1) is 16.6. The van der Waals surface area contributed by atoms with Crippen molar-refractivity contribution in [2.75, 3.05) is 17.3 Å². The molecule has 0 unspecified atom stereocenters. The smallest absolute Gasteiger partial charge is 0.311 e. The second kappa shape index (κ2) is 9.42. The summed E-state index contributed by atoms with van der Waals surface area (Å²) in [6.07, 6.45) is 4.56. The van der Waals surface area contributed by atoms with Crippen molar-refractivity contribution in [3.63, 3.8) is 0 Å². The minimum atomic E-state index is -1.02. The van der Waals surface area contributed by atoms with Gasteiger partial charge in [-0.2, -0.15) is 5.21 Å². The second-order valence-electron chi connectivity index (χ2n) is 8.58. The lowest BCUT2D eigenvalue weighted by Gasteiger charge is -2.25. The van der Waals surface area contributed by atoms with Gasteiger partial charge in [0, 0.05) is 29.8 Å². The van der Waals surface area contributed by atoms with E-state index < -0.39 is 12.2 Å². The van der Waals surface area contributed by atoms with E-state index in [-0.39, 0.29) is 11.8 Å². The van der Waals surface area contributed by atoms with Crippen molar-refractivity contribution < 1.29 is 9.59 Å². The highest BCUT2D eigenvalue weighted by Gasteiger charge is 2.33. The molecule has 3 N–H and O–H groups in total. The number of benzodiazepines with no additional fused rings is 1. The van der Waals surface area contributed by atoms with Gasteiger partial charge in [0.05, 0.1) is 11.4 Å². The molecule has 1 aliphatic heterocycles. The van der Waals surface area contributed by atoms with Crippen molar-refractivity contribution in [3.8, 4) is 11.4 Å². The van der Waals surface area contributed by atoms with Gasteiger partial charge >= 0.3 is 6.03 Å². The molecule has 10 heteroatoms. The number of carbonyl (C=O) groups is 2. The number of para-hydroxylation sites is 1. The normalized spacial score (nSPS) is 18.6. The van der Waals surface area contributed by atoms with Crippen molar-refractivity contribution in [3.05, 3.63) is 54.1 Å². The van der Waals surface area contributed by atoms with Crippen LogP contribution in [0.15, 0.2) is 53.5 Å². The molecule has 0 bridgehead atoms. The average molecular weight is 459 g/mol. The van der Waals surface area contributed by atoms with Gasteiger partial charge in [0.2, 0.25) is 12.0 Å². The van der Waals surface area contributed by atoms with E-state index in [1.807, 2.05) is 30.3 Å². The number of tetrazole rings is 1. The molecule has 0 spiro atoms. The Bertz CT molecular complexity index is 1220. The number of carbonyl (C=O) groups excluding carboxylic acids is 2. The predicted octanol–water partition coefficient (Wildman–Crippen LogP) is 3.36. The molecule has 3 amide bonds. The van der Waals surface area contributed by atoms with Crippen LogP contribution in [0, 0.1) is 5.92 Å². The first kappa shape index (κ1) is 21.7. The zero-order chi connectivity index (χ0) is 23.5. The zero-order valence-electron chi connectivity index (χ0n) is 18.9. The molecule has 1 aliphatic carbocycles. The number of likely N-dealkylation sites (N-methyl/N-ethyl adjacent to an activating group) is 1. The van der Waals surface area contributed by atoms with Crippen LogP contribution < -0.4 is 15.5 Å². The van der Waals surface area contributed by atoms with Gasteiger partial charge in [-0.15, -0.1) is 10.2 Å². The number of nitrogens with one attached hydrogen (secondary N) is 3. The number of anilines is 2. The fraction of sp³-hybridized carbons (Fsp3) is 0.333. The van der Waals surface area contributed by atoms with Crippen molar-refractivity contribution in [2.45, 2.75) is 38.3 Å². The van der Waals surface area contributed by atoms with E-state index in [1.54, 1.807) is 30.1 Å². The van der Waals surface area contributed by atoms with Crippen molar-refractivity contribution >= 4 is 29.0 Å². The summed E-state index contributed by atoms with van der Waals surface area (Å²) in [6.45, 7) is 0. The number of urea groups is 1. The van der Waals surface area contributed by atoms with Gasteiger partial charge in [0.25, 0.3) is 5.91 Å². The van der Waals surface area contributed by atoms with Crippen LogP contribution in [0.3, 0.4) is 0 Å². The number of H-pyrrole nitrogens is 1. The lowest BCUT2D eigenvalue weighted by atomic mass is 9.83. The Labute approximate surface area is 196 Å². The number of amides is 3. The lowest BCUT2D eigenvalue weighted by molar-refractivity contribution is -0.119. The Morgan fingerprint density at radius 1 is 1.09 bits per heavy atom. The molecule has 10 nitrogen and oxygen atoms in total. The highest BCUT2D eigenvalue weighted by Crippen LogP contribution is 2.33. The van der Waals surface area contributed by atoms with Crippen molar-refractivity contribution in [1.82, 2.24) is 25.9 Å². The minimum absolute atomic E-state index is 0.271. The van der Waals surface area contributed by atoms with Crippen LogP contribution in [-0.2, 0) is 4.79 Å². The Balaban J connectivity index is 1.39. The fourth-order valence-electron chi connectivity index (χ4n) is 4.66. The third-order valence-electron chi connectivity index (χ3n) is 6.36. The first-order valence-corrected chi connectivity index (χ1v) is 11.5. The molecule has 0 saturated heterocycles. The van der Waals surface area contributed by atoms with E-state index in [1.165, 1.54) is 6.42 Å². The Morgan fingerprint density at radius 3 is 2.71 bits per heavy atom. The molecule has 1 fully saturated rings. The molecular weight excluding hydrogens is 432 g/mol. The summed E-state index contributed by atoms with van der Waals surface area (Å²) in [5, 5.41) is 19.4. The molecule has 1 atom stereocenters. The second-order valence-corrected chi connectivity index (χ2v) is 8.58. The minimum Gasteiger partial charge on any atom is -0.311 e. The summed E-state index contributed by atoms with van der Waals surface area (Å²) < 4.78 is 0. The highest BCUT2D eigenvalue weighted by molar-refractivity contribution is 6.14. The van der Waals surface area contributed by atoms with Gasteiger partial charge in [-0.1, -0.05) is 49.6 Å². The van der Waals surface area contributed by atoms with Crippen LogP contribution in [0.5, 0.6) is 0 Å². The number of hydrogen-bond acceptors (Lipinski definition) is 6. The molecule has 1 saturated carbocycles. The third-order valence-corrected chi connectivity index (χ3v) is 6.36. The standard InChI is InChI=1S/C24H26N8O2/c1-32-19-13-6-5-12-18(19)20(15-8-3-2-4-9-15)26-22(23(32)33)27-24(34)25-17-11-7-10-16(14-17)21-28-30-31-29-21/h5-7,10-15,22H,2-4,8-9H2,1H3,(H2,25,27,34)(H,28,29,30,31)/t22-/m0/s1. The summed E-state index contributed by atoms with van der Waals surface area (Å²) in [7, 11) is 1.72. The van der Waals surface area contributed by atoms with E-state index in [0.29, 0.717) is 17.1 Å². The highest BCUT2D eigenvalue weighted by atomic mass is 16.2. The number of nitrogens with zero attached hydrogens (tertiary/aromatic N) is 5. The number of fused-ring (bicyclic) bond motifs is 1. The Morgan fingerprint density at radius 2 is 1.91 bits per heavy atom. The summed E-state index contributed by atoms with van der Waals surface area (Å²) in [5.41, 5.74) is 3.91. The number of rotatable bonds is 4. The number of aromatic amines is 1. The Hall–Kier alpha value is -4.08. The van der Waals surface area contributed by atoms with Gasteiger partial charge in [-0.3, -0.25) is 9.79 Å². The summed E-state index contributed by atoms with van der Waals surface area (Å²) in [5.74, 6) is 0.409. The SMILES string of the molecule is CN1C(=O)[C@H](NC(=O)Nc2cccc(-c3nn[nH]n3)c2)N=C(C2CCCCC2)c2ccccc21. The molecular formula is C24H26N8O2. The summed E-state index contributed by atoms with van der Waals surface area (Å²) in [4.78, 5) is 32.6. The van der Waals surface area contributed by atoms with Crippen molar-refractivity contribution in [1.29, 1.82) is 0 Å². The first-order valence-electron chi connectivity index (χ1n) is 11.5. The van der Waals surface area contributed by atoms with Gasteiger partial charge in [-0.25, -0.2) is 4.79 Å². The number of aliphatic imine (C=N–C) groups is 1. The molecule has 2 aromatic carbocycles. The maximum absolute atomic E-state index is 13.3. The molecule has 2 aliphatic rings. The van der Waals surface area contributed by atoms with Crippen LogP contribution in [0.2, 0.25) is 0 Å². The number of hydrogen-bond donors (Lipinski definition) is 3. The van der Waals surface area contributed by atoms with Crippen LogP contribution in [0.1, 0.15) is 37.7 Å². The van der Waals surface area contributed by atoms with Crippen LogP contribution in [-0.4, -0.2) is 51.5 Å². The third kappa shape index (κ3) is 4.39. The van der Waals surface area contributed by atoms with E-state index in [0.717, 1.165) is 42.6 Å². The quantitative estimate of drug-likeness (QED) is 0.552. The van der Waals surface area contributed by atoms with Crippen molar-refractivity contribution in [2.24, 2.45) is 10.9 Å². The zero-order valence-corrected chi connectivity index (χ0v) is 18.9. The molecule has 1 aromatic heterocycles. The molecule has 34 heavy (non-hydrogen) atoms. The molecule has 3 aromatic rings. The predicted molar refractivity (Wildman–Crippen MR) is 129 cm³/mol. The largest absolute Gasteiger partial charge is 0.321 e. The Kier molecular flexibility index (Phi) is 6.03. The summed E-state index contributed by atoms with van der Waals surface area (Å²) in [6, 6.07) is 14.4. The maximum atomic E-state index is 13.3. The van der Waals surface area contributed by atoms with Gasteiger partial charge in [0.1, 0.15) is 0 Å². The van der Waals surface area contributed by atoms with Gasteiger partial charge in [0.15, 0.2) is 0 Å². The van der Waals surface area contributed by atoms with Gasteiger partial charge in [-0.05, 0) is 36.3 Å². The van der Waals surface area contributed by atoms with E-state index in [2.05, 4.69) is 31.3 Å². The maximum Gasteiger partial charge on any atom is 0.321 e. The molecule has 0 radical (unpaired) electrons. The van der Waals surface area contributed by atoms with Gasteiger partial charge < -0.3 is 15.5 Å².